The highest BCUT2D eigenvalue weighted by molar-refractivity contribution is 7.18. The first-order valence-corrected chi connectivity index (χ1v) is 7.52. The SMILES string of the molecule is CCC(N)COc1cccc2sc(C(C)(C)C)nc12. The molecule has 19 heavy (non-hydrogen) atoms. The molecule has 4 heteroatoms. The quantitative estimate of drug-likeness (QED) is 0.927. The fraction of sp³-hybridized carbons (Fsp3) is 0.533. The summed E-state index contributed by atoms with van der Waals surface area (Å²) in [5, 5.41) is 1.14. The van der Waals surface area contributed by atoms with E-state index in [4.69, 9.17) is 15.5 Å². The van der Waals surface area contributed by atoms with Crippen LogP contribution in [0.3, 0.4) is 0 Å². The zero-order valence-corrected chi connectivity index (χ0v) is 12.9. The normalized spacial score (nSPS) is 13.7. The molecule has 2 rings (SSSR count). The zero-order valence-electron chi connectivity index (χ0n) is 12.1. The standard InChI is InChI=1S/C15H22N2OS/c1-5-10(16)9-18-11-7-6-8-12-13(11)17-14(19-12)15(2,3)4/h6-8,10H,5,9,16H2,1-4H3. The van der Waals surface area contributed by atoms with E-state index in [0.717, 1.165) is 22.7 Å². The van der Waals surface area contributed by atoms with Gasteiger partial charge in [-0.2, -0.15) is 0 Å². The molecule has 0 aliphatic rings. The van der Waals surface area contributed by atoms with Crippen LogP contribution in [-0.4, -0.2) is 17.6 Å². The minimum Gasteiger partial charge on any atom is -0.490 e. The number of aromatic nitrogens is 1. The molecule has 2 N–H and O–H groups in total. The molecule has 1 aromatic heterocycles. The van der Waals surface area contributed by atoms with Crippen molar-refractivity contribution in [2.24, 2.45) is 5.73 Å². The van der Waals surface area contributed by atoms with Crippen molar-refractivity contribution in [3.05, 3.63) is 23.2 Å². The van der Waals surface area contributed by atoms with E-state index in [1.54, 1.807) is 11.3 Å². The van der Waals surface area contributed by atoms with Gasteiger partial charge in [0.2, 0.25) is 0 Å². The fourth-order valence-corrected chi connectivity index (χ4v) is 2.72. The molecule has 1 atom stereocenters. The van der Waals surface area contributed by atoms with Crippen LogP contribution in [0.2, 0.25) is 0 Å². The molecule has 0 aliphatic heterocycles. The van der Waals surface area contributed by atoms with Crippen LogP contribution in [0.5, 0.6) is 5.75 Å². The Bertz CT molecular complexity index is 557. The van der Waals surface area contributed by atoms with Gasteiger partial charge in [0.05, 0.1) is 9.71 Å². The molecular weight excluding hydrogens is 256 g/mol. The van der Waals surface area contributed by atoms with E-state index >= 15 is 0 Å². The summed E-state index contributed by atoms with van der Waals surface area (Å²) >= 11 is 1.74. The Kier molecular flexibility index (Phi) is 4.11. The molecule has 1 aromatic carbocycles. The second-order valence-electron chi connectivity index (χ2n) is 5.85. The van der Waals surface area contributed by atoms with Crippen LogP contribution in [0.4, 0.5) is 0 Å². The minimum atomic E-state index is 0.0702. The molecule has 0 radical (unpaired) electrons. The molecule has 3 nitrogen and oxygen atoms in total. The van der Waals surface area contributed by atoms with Crippen LogP contribution in [0.1, 0.15) is 39.1 Å². The molecule has 2 aromatic rings. The monoisotopic (exact) mass is 278 g/mol. The van der Waals surface area contributed by atoms with E-state index in [1.807, 2.05) is 12.1 Å². The van der Waals surface area contributed by atoms with Gasteiger partial charge in [-0.1, -0.05) is 33.8 Å². The van der Waals surface area contributed by atoms with Crippen LogP contribution in [0, 0.1) is 0 Å². The first-order chi connectivity index (χ1) is 8.91. The second kappa shape index (κ2) is 5.47. The highest BCUT2D eigenvalue weighted by Crippen LogP contribution is 2.35. The van der Waals surface area contributed by atoms with Gasteiger partial charge in [0, 0.05) is 11.5 Å². The Morgan fingerprint density at radius 2 is 2.11 bits per heavy atom. The average Bonchev–Trinajstić information content (AvgIpc) is 2.80. The van der Waals surface area contributed by atoms with Crippen molar-refractivity contribution >= 4 is 21.6 Å². The lowest BCUT2D eigenvalue weighted by atomic mass is 9.98. The van der Waals surface area contributed by atoms with Gasteiger partial charge in [0.1, 0.15) is 17.9 Å². The van der Waals surface area contributed by atoms with Gasteiger partial charge in [-0.25, -0.2) is 4.98 Å². The van der Waals surface area contributed by atoms with Crippen molar-refractivity contribution in [1.82, 2.24) is 4.98 Å². The highest BCUT2D eigenvalue weighted by atomic mass is 32.1. The van der Waals surface area contributed by atoms with Crippen LogP contribution in [-0.2, 0) is 5.41 Å². The summed E-state index contributed by atoms with van der Waals surface area (Å²) < 4.78 is 6.99. The third kappa shape index (κ3) is 3.25. The van der Waals surface area contributed by atoms with Crippen LogP contribution >= 0.6 is 11.3 Å². The number of nitrogens with zero attached hydrogens (tertiary/aromatic N) is 1. The summed E-state index contributed by atoms with van der Waals surface area (Å²) in [5.74, 6) is 0.841. The number of hydrogen-bond acceptors (Lipinski definition) is 4. The number of ether oxygens (including phenoxy) is 1. The maximum atomic E-state index is 5.90. The number of hydrogen-bond donors (Lipinski definition) is 1. The summed E-state index contributed by atoms with van der Waals surface area (Å²) in [6.45, 7) is 9.14. The first kappa shape index (κ1) is 14.3. The lowest BCUT2D eigenvalue weighted by Gasteiger charge is -2.13. The molecule has 104 valence electrons. The van der Waals surface area contributed by atoms with Crippen molar-refractivity contribution in [2.75, 3.05) is 6.61 Å². The number of benzene rings is 1. The van der Waals surface area contributed by atoms with Crippen LogP contribution < -0.4 is 10.5 Å². The van der Waals surface area contributed by atoms with E-state index < -0.39 is 0 Å². The molecule has 0 bridgehead atoms. The summed E-state index contributed by atoms with van der Waals surface area (Å²) in [7, 11) is 0. The van der Waals surface area contributed by atoms with Gasteiger partial charge in [-0.3, -0.25) is 0 Å². The summed E-state index contributed by atoms with van der Waals surface area (Å²) in [6, 6.07) is 6.15. The number of nitrogens with two attached hydrogens (primary N) is 1. The van der Waals surface area contributed by atoms with E-state index in [-0.39, 0.29) is 11.5 Å². The number of thiazole rings is 1. The summed E-state index contributed by atoms with van der Waals surface area (Å²) in [6.07, 6.45) is 0.917. The Hall–Kier alpha value is -1.13. The first-order valence-electron chi connectivity index (χ1n) is 6.70. The molecule has 0 saturated carbocycles. The predicted molar refractivity (Wildman–Crippen MR) is 82.1 cm³/mol. The molecule has 0 amide bonds. The summed E-state index contributed by atoms with van der Waals surface area (Å²) in [4.78, 5) is 4.74. The average molecular weight is 278 g/mol. The Morgan fingerprint density at radius 1 is 1.37 bits per heavy atom. The van der Waals surface area contributed by atoms with Gasteiger partial charge in [-0.05, 0) is 18.6 Å². The van der Waals surface area contributed by atoms with Gasteiger partial charge < -0.3 is 10.5 Å². The lowest BCUT2D eigenvalue weighted by Crippen LogP contribution is -2.26. The Balaban J connectivity index is 2.32. The van der Waals surface area contributed by atoms with Crippen molar-refractivity contribution in [3.63, 3.8) is 0 Å². The van der Waals surface area contributed by atoms with Gasteiger partial charge in [-0.15, -0.1) is 11.3 Å². The van der Waals surface area contributed by atoms with Crippen molar-refractivity contribution in [2.45, 2.75) is 45.6 Å². The van der Waals surface area contributed by atoms with Crippen LogP contribution in [0.15, 0.2) is 18.2 Å². The third-order valence-electron chi connectivity index (χ3n) is 3.00. The minimum absolute atomic E-state index is 0.0702. The van der Waals surface area contributed by atoms with E-state index in [0.29, 0.717) is 6.61 Å². The highest BCUT2D eigenvalue weighted by Gasteiger charge is 2.20. The van der Waals surface area contributed by atoms with Crippen molar-refractivity contribution < 1.29 is 4.74 Å². The van der Waals surface area contributed by atoms with Gasteiger partial charge in [0.25, 0.3) is 0 Å². The van der Waals surface area contributed by atoms with Crippen molar-refractivity contribution in [3.8, 4) is 5.75 Å². The fourth-order valence-electron chi connectivity index (χ4n) is 1.68. The van der Waals surface area contributed by atoms with Crippen molar-refractivity contribution in [1.29, 1.82) is 0 Å². The number of para-hydroxylation sites is 1. The molecule has 0 saturated heterocycles. The Morgan fingerprint density at radius 3 is 2.74 bits per heavy atom. The number of fused-ring (bicyclic) bond motifs is 1. The largest absolute Gasteiger partial charge is 0.490 e. The molecule has 0 aliphatic carbocycles. The lowest BCUT2D eigenvalue weighted by molar-refractivity contribution is 0.288. The van der Waals surface area contributed by atoms with E-state index in [2.05, 4.69) is 33.8 Å². The van der Waals surface area contributed by atoms with Crippen LogP contribution in [0.25, 0.3) is 10.2 Å². The number of rotatable bonds is 4. The van der Waals surface area contributed by atoms with Gasteiger partial charge in [0.15, 0.2) is 0 Å². The van der Waals surface area contributed by atoms with E-state index in [9.17, 15) is 0 Å². The maximum absolute atomic E-state index is 5.90. The summed E-state index contributed by atoms with van der Waals surface area (Å²) in [5.41, 5.74) is 6.93. The second-order valence-corrected chi connectivity index (χ2v) is 6.88. The predicted octanol–water partition coefficient (Wildman–Crippen LogP) is 3.71. The smallest absolute Gasteiger partial charge is 0.146 e. The molecular formula is C15H22N2OS. The molecule has 1 heterocycles. The third-order valence-corrected chi connectivity index (χ3v) is 4.45. The van der Waals surface area contributed by atoms with Gasteiger partial charge >= 0.3 is 0 Å². The molecule has 1 unspecified atom stereocenters. The maximum Gasteiger partial charge on any atom is 0.146 e. The molecule has 0 fully saturated rings. The Labute approximate surface area is 118 Å². The molecule has 0 spiro atoms. The topological polar surface area (TPSA) is 48.1 Å². The van der Waals surface area contributed by atoms with E-state index in [1.165, 1.54) is 4.70 Å². The zero-order chi connectivity index (χ0) is 14.0.